The minimum Gasteiger partial charge on any atom is -0.391 e. The molecule has 1 saturated carbocycles. The summed E-state index contributed by atoms with van der Waals surface area (Å²) < 4.78 is 5.83. The highest BCUT2D eigenvalue weighted by atomic mass is 16.5. The van der Waals surface area contributed by atoms with Crippen molar-refractivity contribution in [3.63, 3.8) is 0 Å². The van der Waals surface area contributed by atoms with Crippen LogP contribution in [0.5, 0.6) is 0 Å². The van der Waals surface area contributed by atoms with Gasteiger partial charge in [-0.05, 0) is 44.4 Å². The first kappa shape index (κ1) is 16.3. The topological polar surface area (TPSA) is 32.7 Å². The Kier molecular flexibility index (Phi) is 5.14. The lowest BCUT2D eigenvalue weighted by molar-refractivity contribution is -0.111. The minimum atomic E-state index is -0.156. The Morgan fingerprint density at radius 3 is 2.30 bits per heavy atom. The summed E-state index contributed by atoms with van der Waals surface area (Å²) in [5, 5.41) is 10.5. The van der Waals surface area contributed by atoms with Gasteiger partial charge in [-0.15, -0.1) is 0 Å². The van der Waals surface area contributed by atoms with E-state index in [1.165, 1.54) is 12.8 Å². The highest BCUT2D eigenvalue weighted by Crippen LogP contribution is 2.42. The molecule has 3 nitrogen and oxygen atoms in total. The molecule has 0 spiro atoms. The molecule has 0 aromatic carbocycles. The molecule has 0 bridgehead atoms. The van der Waals surface area contributed by atoms with Crippen LogP contribution in [0.3, 0.4) is 0 Å². The normalized spacial score (nSPS) is 40.8. The van der Waals surface area contributed by atoms with Gasteiger partial charge < -0.3 is 9.84 Å². The van der Waals surface area contributed by atoms with Crippen LogP contribution < -0.4 is 0 Å². The Morgan fingerprint density at radius 1 is 1.15 bits per heavy atom. The van der Waals surface area contributed by atoms with Gasteiger partial charge in [0.15, 0.2) is 0 Å². The second kappa shape index (κ2) is 6.33. The van der Waals surface area contributed by atoms with Gasteiger partial charge in [0, 0.05) is 19.1 Å². The standard InChI is InChI=1S/C17H33NO2/c1-6-17(4,5)14-7-8-16(19)15(9-14)18-10-12(2)20-13(3)11-18/h12-16,19H,6-11H2,1-5H3/t12-,13+,14?,15?,16?. The van der Waals surface area contributed by atoms with Crippen LogP contribution in [0.2, 0.25) is 0 Å². The van der Waals surface area contributed by atoms with E-state index in [9.17, 15) is 5.11 Å². The molecule has 2 aliphatic rings. The SMILES string of the molecule is CCC(C)(C)C1CCC(O)C(N2C[C@@H](C)O[C@@H](C)C2)C1. The van der Waals surface area contributed by atoms with E-state index in [1.807, 2.05) is 0 Å². The lowest BCUT2D eigenvalue weighted by Crippen LogP contribution is -2.56. The van der Waals surface area contributed by atoms with Crippen LogP contribution in [0.1, 0.15) is 60.3 Å². The molecule has 0 amide bonds. The fraction of sp³-hybridized carbons (Fsp3) is 1.00. The summed E-state index contributed by atoms with van der Waals surface area (Å²) in [6.07, 6.45) is 4.90. The number of morpholine rings is 1. The van der Waals surface area contributed by atoms with Gasteiger partial charge in [-0.2, -0.15) is 0 Å². The van der Waals surface area contributed by atoms with E-state index in [0.717, 1.165) is 31.8 Å². The third kappa shape index (κ3) is 3.55. The summed E-state index contributed by atoms with van der Waals surface area (Å²) in [6.45, 7) is 13.3. The van der Waals surface area contributed by atoms with Crippen molar-refractivity contribution in [3.8, 4) is 0 Å². The molecule has 1 aliphatic heterocycles. The molecule has 0 radical (unpaired) electrons. The van der Waals surface area contributed by atoms with Crippen molar-refractivity contribution in [2.45, 2.75) is 84.7 Å². The van der Waals surface area contributed by atoms with Crippen LogP contribution in [0.15, 0.2) is 0 Å². The van der Waals surface area contributed by atoms with Crippen LogP contribution in [0, 0.1) is 11.3 Å². The molecule has 2 fully saturated rings. The molecule has 3 unspecified atom stereocenters. The summed E-state index contributed by atoms with van der Waals surface area (Å²) in [7, 11) is 0. The maximum absolute atomic E-state index is 10.5. The molecule has 5 atom stereocenters. The van der Waals surface area contributed by atoms with Gasteiger partial charge in [0.25, 0.3) is 0 Å². The van der Waals surface area contributed by atoms with Crippen molar-refractivity contribution in [3.05, 3.63) is 0 Å². The van der Waals surface area contributed by atoms with Gasteiger partial charge in [-0.3, -0.25) is 4.90 Å². The van der Waals surface area contributed by atoms with Crippen molar-refractivity contribution in [1.29, 1.82) is 0 Å². The highest BCUT2D eigenvalue weighted by Gasteiger charge is 2.40. The van der Waals surface area contributed by atoms with Crippen molar-refractivity contribution >= 4 is 0 Å². The Morgan fingerprint density at radius 2 is 1.75 bits per heavy atom. The molecule has 1 N–H and O–H groups in total. The van der Waals surface area contributed by atoms with Gasteiger partial charge in [0.2, 0.25) is 0 Å². The van der Waals surface area contributed by atoms with E-state index in [2.05, 4.69) is 39.5 Å². The predicted molar refractivity (Wildman–Crippen MR) is 82.8 cm³/mol. The van der Waals surface area contributed by atoms with E-state index >= 15 is 0 Å². The lowest BCUT2D eigenvalue weighted by atomic mass is 9.67. The quantitative estimate of drug-likeness (QED) is 0.864. The average molecular weight is 283 g/mol. The smallest absolute Gasteiger partial charge is 0.0695 e. The van der Waals surface area contributed by atoms with E-state index < -0.39 is 0 Å². The molecule has 3 heteroatoms. The van der Waals surface area contributed by atoms with Crippen LogP contribution in [0.25, 0.3) is 0 Å². The summed E-state index contributed by atoms with van der Waals surface area (Å²) in [5.41, 5.74) is 0.391. The summed E-state index contributed by atoms with van der Waals surface area (Å²) in [4.78, 5) is 2.49. The van der Waals surface area contributed by atoms with E-state index in [1.54, 1.807) is 0 Å². The van der Waals surface area contributed by atoms with Gasteiger partial charge >= 0.3 is 0 Å². The van der Waals surface area contributed by atoms with Crippen molar-refractivity contribution in [2.24, 2.45) is 11.3 Å². The number of aliphatic hydroxyl groups is 1. The Balaban J connectivity index is 2.05. The van der Waals surface area contributed by atoms with Crippen LogP contribution >= 0.6 is 0 Å². The van der Waals surface area contributed by atoms with E-state index in [0.29, 0.717) is 11.5 Å². The van der Waals surface area contributed by atoms with Crippen LogP contribution in [0.4, 0.5) is 0 Å². The molecule has 1 heterocycles. The molecule has 118 valence electrons. The zero-order valence-electron chi connectivity index (χ0n) is 13.9. The molecular formula is C17H33NO2. The van der Waals surface area contributed by atoms with Crippen molar-refractivity contribution < 1.29 is 9.84 Å². The number of hydrogen-bond donors (Lipinski definition) is 1. The Bertz CT molecular complexity index is 308. The van der Waals surface area contributed by atoms with E-state index in [4.69, 9.17) is 4.74 Å². The zero-order valence-corrected chi connectivity index (χ0v) is 13.9. The number of rotatable bonds is 3. The number of nitrogens with zero attached hydrogens (tertiary/aromatic N) is 1. The van der Waals surface area contributed by atoms with Crippen molar-refractivity contribution in [1.82, 2.24) is 4.90 Å². The molecular weight excluding hydrogens is 250 g/mol. The number of hydrogen-bond acceptors (Lipinski definition) is 3. The summed E-state index contributed by atoms with van der Waals surface area (Å²) >= 11 is 0. The summed E-state index contributed by atoms with van der Waals surface area (Å²) in [5.74, 6) is 0.731. The van der Waals surface area contributed by atoms with Crippen LogP contribution in [-0.2, 0) is 4.74 Å². The largest absolute Gasteiger partial charge is 0.391 e. The Hall–Kier alpha value is -0.120. The molecule has 20 heavy (non-hydrogen) atoms. The van der Waals surface area contributed by atoms with Crippen LogP contribution in [-0.4, -0.2) is 47.4 Å². The first-order chi connectivity index (χ1) is 9.33. The zero-order chi connectivity index (χ0) is 14.9. The number of ether oxygens (including phenoxy) is 1. The fourth-order valence-corrected chi connectivity index (χ4v) is 4.01. The first-order valence-corrected chi connectivity index (χ1v) is 8.41. The monoisotopic (exact) mass is 283 g/mol. The van der Waals surface area contributed by atoms with E-state index in [-0.39, 0.29) is 18.3 Å². The van der Waals surface area contributed by atoms with Gasteiger partial charge in [-0.25, -0.2) is 0 Å². The molecule has 0 aromatic rings. The molecule has 2 rings (SSSR count). The van der Waals surface area contributed by atoms with Gasteiger partial charge in [-0.1, -0.05) is 27.2 Å². The Labute approximate surface area is 124 Å². The molecule has 1 saturated heterocycles. The molecule has 0 aromatic heterocycles. The third-order valence-electron chi connectivity index (χ3n) is 5.71. The molecule has 1 aliphatic carbocycles. The summed E-state index contributed by atoms with van der Waals surface area (Å²) in [6, 6.07) is 0.327. The fourth-order valence-electron chi connectivity index (χ4n) is 4.01. The second-order valence-electron chi connectivity index (χ2n) is 7.70. The second-order valence-corrected chi connectivity index (χ2v) is 7.70. The third-order valence-corrected chi connectivity index (χ3v) is 5.71. The predicted octanol–water partition coefficient (Wildman–Crippen LogP) is 3.06. The minimum absolute atomic E-state index is 0.156. The number of aliphatic hydroxyl groups excluding tert-OH is 1. The first-order valence-electron chi connectivity index (χ1n) is 8.41. The van der Waals surface area contributed by atoms with Gasteiger partial charge in [0.05, 0.1) is 18.3 Å². The average Bonchev–Trinajstić information content (AvgIpc) is 2.37. The van der Waals surface area contributed by atoms with Gasteiger partial charge in [0.1, 0.15) is 0 Å². The van der Waals surface area contributed by atoms with Crippen molar-refractivity contribution in [2.75, 3.05) is 13.1 Å². The maximum Gasteiger partial charge on any atom is 0.0695 e. The highest BCUT2D eigenvalue weighted by molar-refractivity contribution is 4.93. The maximum atomic E-state index is 10.5. The lowest BCUT2D eigenvalue weighted by Gasteiger charge is -2.48.